The lowest BCUT2D eigenvalue weighted by Gasteiger charge is -2.31. The highest BCUT2D eigenvalue weighted by Gasteiger charge is 2.20. The second kappa shape index (κ2) is 9.71. The van der Waals surface area contributed by atoms with Gasteiger partial charge in [0.2, 0.25) is 0 Å². The Kier molecular flexibility index (Phi) is 7.91. The normalized spacial score (nSPS) is 20.1. The van der Waals surface area contributed by atoms with Gasteiger partial charge < -0.3 is 19.9 Å². The maximum atomic E-state index is 9.38. The minimum Gasteiger partial charge on any atom is -0.396 e. The van der Waals surface area contributed by atoms with Crippen LogP contribution < -0.4 is 5.32 Å². The summed E-state index contributed by atoms with van der Waals surface area (Å²) in [5, 5.41) is 17.5. The van der Waals surface area contributed by atoms with Crippen LogP contribution >= 0.6 is 24.8 Å². The maximum Gasteiger partial charge on any atom is 0.160 e. The molecule has 1 unspecified atom stereocenters. The lowest BCUT2D eigenvalue weighted by atomic mass is 9.99. The molecule has 2 aromatic heterocycles. The van der Waals surface area contributed by atoms with Crippen molar-refractivity contribution in [1.82, 2.24) is 29.5 Å². The molecule has 2 aromatic rings. The van der Waals surface area contributed by atoms with Crippen molar-refractivity contribution in [2.24, 2.45) is 5.92 Å². The smallest absolute Gasteiger partial charge is 0.160 e. The number of hydrogen-bond donors (Lipinski definition) is 2. The molecule has 1 saturated heterocycles. The Balaban J connectivity index is 0.00000121. The molecule has 1 fully saturated rings. The van der Waals surface area contributed by atoms with Crippen LogP contribution in [0.3, 0.4) is 0 Å². The number of nitrogens with zero attached hydrogens (tertiary/aromatic N) is 5. The van der Waals surface area contributed by atoms with Gasteiger partial charge in [-0.25, -0.2) is 4.98 Å². The molecule has 0 radical (unpaired) electrons. The summed E-state index contributed by atoms with van der Waals surface area (Å²) in [4.78, 5) is 6.99. The largest absolute Gasteiger partial charge is 0.396 e. The molecule has 2 N–H and O–H groups in total. The van der Waals surface area contributed by atoms with Crippen LogP contribution in [0.2, 0.25) is 0 Å². The highest BCUT2D eigenvalue weighted by Crippen LogP contribution is 2.20. The SMILES string of the molecule is Cl.Cl.OCC1CCCN(CCn2ccnc2-c2cc3n(n2)CCNC3)C1. The van der Waals surface area contributed by atoms with Gasteiger partial charge in [-0.2, -0.15) is 5.10 Å². The molecule has 26 heavy (non-hydrogen) atoms. The minimum atomic E-state index is 0. The lowest BCUT2D eigenvalue weighted by molar-refractivity contribution is 0.118. The first kappa shape index (κ1) is 21.2. The molecule has 4 heterocycles. The highest BCUT2D eigenvalue weighted by atomic mass is 35.5. The Morgan fingerprint density at radius 3 is 2.92 bits per heavy atom. The zero-order valence-corrected chi connectivity index (χ0v) is 16.5. The predicted octanol–water partition coefficient (Wildman–Crippen LogP) is 1.40. The van der Waals surface area contributed by atoms with E-state index in [4.69, 9.17) is 5.10 Å². The van der Waals surface area contributed by atoms with Crippen LogP contribution in [0.15, 0.2) is 18.5 Å². The molecular formula is C17H28Cl2N6O. The second-order valence-corrected chi connectivity index (χ2v) is 6.86. The topological polar surface area (TPSA) is 71.1 Å². The molecule has 0 aliphatic carbocycles. The molecule has 1 atom stereocenters. The van der Waals surface area contributed by atoms with E-state index in [9.17, 15) is 5.11 Å². The fourth-order valence-electron chi connectivity index (χ4n) is 3.78. The van der Waals surface area contributed by atoms with Gasteiger partial charge in [-0.05, 0) is 31.4 Å². The predicted molar refractivity (Wildman–Crippen MR) is 106 cm³/mol. The van der Waals surface area contributed by atoms with E-state index in [-0.39, 0.29) is 24.8 Å². The summed E-state index contributed by atoms with van der Waals surface area (Å²) in [6, 6.07) is 2.15. The first-order valence-electron chi connectivity index (χ1n) is 8.95. The fraction of sp³-hybridized carbons (Fsp3) is 0.647. The van der Waals surface area contributed by atoms with E-state index in [0.29, 0.717) is 12.5 Å². The van der Waals surface area contributed by atoms with E-state index in [0.717, 1.165) is 63.8 Å². The molecule has 0 bridgehead atoms. The Labute approximate surface area is 166 Å². The third kappa shape index (κ3) is 4.58. The quantitative estimate of drug-likeness (QED) is 0.790. The summed E-state index contributed by atoms with van der Waals surface area (Å²) >= 11 is 0. The van der Waals surface area contributed by atoms with Crippen molar-refractivity contribution < 1.29 is 5.11 Å². The molecule has 0 spiro atoms. The number of halogens is 2. The van der Waals surface area contributed by atoms with Crippen molar-refractivity contribution in [3.05, 3.63) is 24.2 Å². The number of imidazole rings is 1. The summed E-state index contributed by atoms with van der Waals surface area (Å²) in [6.45, 7) is 7.12. The van der Waals surface area contributed by atoms with E-state index in [1.807, 2.05) is 12.4 Å². The van der Waals surface area contributed by atoms with Crippen molar-refractivity contribution in [3.63, 3.8) is 0 Å². The summed E-state index contributed by atoms with van der Waals surface area (Å²) in [7, 11) is 0. The van der Waals surface area contributed by atoms with Crippen molar-refractivity contribution >= 4 is 24.8 Å². The van der Waals surface area contributed by atoms with E-state index < -0.39 is 0 Å². The van der Waals surface area contributed by atoms with Crippen LogP contribution in [0.4, 0.5) is 0 Å². The number of likely N-dealkylation sites (tertiary alicyclic amines) is 1. The number of piperidine rings is 1. The molecular weight excluding hydrogens is 375 g/mol. The van der Waals surface area contributed by atoms with Crippen molar-refractivity contribution in [1.29, 1.82) is 0 Å². The van der Waals surface area contributed by atoms with E-state index >= 15 is 0 Å². The molecule has 0 aromatic carbocycles. The van der Waals surface area contributed by atoms with E-state index in [1.165, 1.54) is 12.1 Å². The van der Waals surface area contributed by atoms with Gasteiger partial charge in [0.25, 0.3) is 0 Å². The zero-order valence-electron chi connectivity index (χ0n) is 14.9. The molecule has 9 heteroatoms. The molecule has 146 valence electrons. The average molecular weight is 403 g/mol. The van der Waals surface area contributed by atoms with Gasteiger partial charge >= 0.3 is 0 Å². The van der Waals surface area contributed by atoms with Crippen LogP contribution in [-0.4, -0.2) is 62.1 Å². The van der Waals surface area contributed by atoms with Crippen LogP contribution in [0.5, 0.6) is 0 Å². The van der Waals surface area contributed by atoms with E-state index in [1.54, 1.807) is 0 Å². The first-order valence-corrected chi connectivity index (χ1v) is 8.95. The molecule has 0 saturated carbocycles. The highest BCUT2D eigenvalue weighted by molar-refractivity contribution is 5.85. The molecule has 4 rings (SSSR count). The summed E-state index contributed by atoms with van der Waals surface area (Å²) in [5.41, 5.74) is 2.19. The van der Waals surface area contributed by atoms with Crippen LogP contribution in [-0.2, 0) is 19.6 Å². The van der Waals surface area contributed by atoms with Crippen molar-refractivity contribution in [3.8, 4) is 11.5 Å². The average Bonchev–Trinajstić information content (AvgIpc) is 3.26. The zero-order chi connectivity index (χ0) is 16.4. The fourth-order valence-corrected chi connectivity index (χ4v) is 3.78. The standard InChI is InChI=1S/C17H26N6O.2ClH/c24-13-14-2-1-5-21(12-14)8-9-22-6-4-19-17(22)16-10-15-11-18-3-7-23(15)20-16;;/h4,6,10,14,18,24H,1-3,5,7-9,11-13H2;2*1H. The van der Waals surface area contributed by atoms with Gasteiger partial charge in [0.05, 0.1) is 12.2 Å². The molecule has 0 amide bonds. The van der Waals surface area contributed by atoms with E-state index in [2.05, 4.69) is 30.5 Å². The third-order valence-electron chi connectivity index (χ3n) is 5.13. The lowest BCUT2D eigenvalue weighted by Crippen LogP contribution is -2.38. The number of fused-ring (bicyclic) bond motifs is 1. The molecule has 2 aliphatic rings. The molecule has 2 aliphatic heterocycles. The number of rotatable bonds is 5. The third-order valence-corrected chi connectivity index (χ3v) is 5.13. The van der Waals surface area contributed by atoms with Crippen LogP contribution in [0, 0.1) is 5.92 Å². The number of aliphatic hydroxyl groups is 1. The Bertz CT molecular complexity index is 665. The second-order valence-electron chi connectivity index (χ2n) is 6.86. The first-order chi connectivity index (χ1) is 11.8. The Morgan fingerprint density at radius 1 is 1.23 bits per heavy atom. The van der Waals surface area contributed by atoms with Gasteiger partial charge in [0.15, 0.2) is 5.82 Å². The van der Waals surface area contributed by atoms with Gasteiger partial charge in [0, 0.05) is 51.7 Å². The van der Waals surface area contributed by atoms with Gasteiger partial charge in [-0.15, -0.1) is 24.8 Å². The summed E-state index contributed by atoms with van der Waals surface area (Å²) < 4.78 is 4.28. The Hall–Kier alpha value is -1.12. The summed E-state index contributed by atoms with van der Waals surface area (Å²) in [5.74, 6) is 1.39. The number of aromatic nitrogens is 4. The number of aliphatic hydroxyl groups excluding tert-OH is 1. The van der Waals surface area contributed by atoms with Gasteiger partial charge in [0.1, 0.15) is 5.69 Å². The number of hydrogen-bond acceptors (Lipinski definition) is 5. The van der Waals surface area contributed by atoms with Crippen molar-refractivity contribution in [2.45, 2.75) is 32.5 Å². The van der Waals surface area contributed by atoms with Gasteiger partial charge in [-0.1, -0.05) is 0 Å². The Morgan fingerprint density at radius 2 is 2.12 bits per heavy atom. The van der Waals surface area contributed by atoms with Crippen molar-refractivity contribution in [2.75, 3.05) is 32.8 Å². The van der Waals surface area contributed by atoms with Crippen LogP contribution in [0.1, 0.15) is 18.5 Å². The maximum absolute atomic E-state index is 9.38. The summed E-state index contributed by atoms with van der Waals surface area (Å²) in [6.07, 6.45) is 6.23. The molecule has 7 nitrogen and oxygen atoms in total. The van der Waals surface area contributed by atoms with Gasteiger partial charge in [-0.3, -0.25) is 4.68 Å². The van der Waals surface area contributed by atoms with Crippen LogP contribution in [0.25, 0.3) is 11.5 Å². The monoisotopic (exact) mass is 402 g/mol. The number of nitrogens with one attached hydrogen (secondary N) is 1. The minimum absolute atomic E-state index is 0.